The first kappa shape index (κ1) is 15.3. The summed E-state index contributed by atoms with van der Waals surface area (Å²) in [7, 11) is 0. The van der Waals surface area contributed by atoms with Crippen molar-refractivity contribution in [3.05, 3.63) is 40.1 Å². The Labute approximate surface area is 138 Å². The van der Waals surface area contributed by atoms with E-state index in [1.807, 2.05) is 0 Å². The fourth-order valence-corrected chi connectivity index (χ4v) is 2.94. The molecule has 0 radical (unpaired) electrons. The molecule has 1 saturated carbocycles. The molecule has 1 heterocycles. The van der Waals surface area contributed by atoms with E-state index in [4.69, 9.17) is 27.9 Å². The van der Waals surface area contributed by atoms with Crippen LogP contribution in [0.2, 0.25) is 10.0 Å². The van der Waals surface area contributed by atoms with Crippen molar-refractivity contribution in [2.75, 3.05) is 0 Å². The number of nitrogens with zero attached hydrogens (tertiary/aromatic N) is 3. The molecule has 1 aliphatic carbocycles. The predicted molar refractivity (Wildman–Crippen MR) is 83.1 cm³/mol. The summed E-state index contributed by atoms with van der Waals surface area (Å²) >= 11 is 12.1. The maximum Gasteiger partial charge on any atom is 0.309 e. The van der Waals surface area contributed by atoms with Gasteiger partial charge in [-0.1, -0.05) is 41.3 Å². The molecule has 1 fully saturated rings. The molecule has 0 spiro atoms. The highest BCUT2D eigenvalue weighted by atomic mass is 35.5. The number of esters is 1. The molecule has 1 aromatic heterocycles. The van der Waals surface area contributed by atoms with E-state index < -0.39 is 0 Å². The number of benzene rings is 1. The Morgan fingerprint density at radius 2 is 2.09 bits per heavy atom. The van der Waals surface area contributed by atoms with E-state index in [-0.39, 0.29) is 18.5 Å². The quantitative estimate of drug-likeness (QED) is 0.794. The average Bonchev–Trinajstić information content (AvgIpc) is 3.18. The summed E-state index contributed by atoms with van der Waals surface area (Å²) in [4.78, 5) is 11.9. The van der Waals surface area contributed by atoms with Crippen LogP contribution in [0.15, 0.2) is 24.4 Å². The van der Waals surface area contributed by atoms with E-state index in [1.165, 1.54) is 4.68 Å². The largest absolute Gasteiger partial charge is 0.459 e. The SMILES string of the molecule is O=C(OCc1cn(-c2cc(Cl)ccc2Cl)nn1)C1CCCC1. The lowest BCUT2D eigenvalue weighted by molar-refractivity contribution is -0.149. The van der Waals surface area contributed by atoms with E-state index >= 15 is 0 Å². The number of rotatable bonds is 4. The maximum absolute atomic E-state index is 11.9. The lowest BCUT2D eigenvalue weighted by Gasteiger charge is -2.07. The van der Waals surface area contributed by atoms with E-state index in [0.29, 0.717) is 21.4 Å². The fourth-order valence-electron chi connectivity index (χ4n) is 2.57. The summed E-state index contributed by atoms with van der Waals surface area (Å²) in [5.74, 6) is -0.106. The molecule has 0 bridgehead atoms. The second-order valence-corrected chi connectivity index (χ2v) is 6.18. The minimum atomic E-state index is -0.146. The molecular weight excluding hydrogens is 325 g/mol. The number of aromatic nitrogens is 3. The number of ether oxygens (including phenoxy) is 1. The topological polar surface area (TPSA) is 57.0 Å². The Hall–Kier alpha value is -1.59. The normalized spacial score (nSPS) is 15.2. The highest BCUT2D eigenvalue weighted by Crippen LogP contribution is 2.26. The molecule has 116 valence electrons. The number of hydrogen-bond acceptors (Lipinski definition) is 4. The standard InChI is InChI=1S/C15H15Cl2N3O2/c16-11-5-6-13(17)14(7-11)20-8-12(18-19-20)9-22-15(21)10-3-1-2-4-10/h5-8,10H,1-4,9H2. The summed E-state index contributed by atoms with van der Waals surface area (Å²) < 4.78 is 6.82. The molecule has 0 unspecified atom stereocenters. The van der Waals surface area contributed by atoms with E-state index in [9.17, 15) is 4.79 Å². The second kappa shape index (κ2) is 6.67. The molecule has 0 N–H and O–H groups in total. The second-order valence-electron chi connectivity index (χ2n) is 5.34. The highest BCUT2D eigenvalue weighted by Gasteiger charge is 2.24. The lowest BCUT2D eigenvalue weighted by Crippen LogP contribution is -2.14. The van der Waals surface area contributed by atoms with Crippen LogP contribution in [0, 0.1) is 5.92 Å². The molecule has 0 saturated heterocycles. The van der Waals surface area contributed by atoms with Gasteiger partial charge in [0.15, 0.2) is 0 Å². The molecule has 5 nitrogen and oxygen atoms in total. The first-order valence-corrected chi connectivity index (χ1v) is 7.92. The number of carbonyl (C=O) groups excluding carboxylic acids is 1. The third kappa shape index (κ3) is 3.42. The Kier molecular flexibility index (Phi) is 4.64. The van der Waals surface area contributed by atoms with Gasteiger partial charge in [0, 0.05) is 5.02 Å². The summed E-state index contributed by atoms with van der Waals surface area (Å²) in [5.41, 5.74) is 1.21. The van der Waals surface area contributed by atoms with Crippen LogP contribution < -0.4 is 0 Å². The Morgan fingerprint density at radius 3 is 2.86 bits per heavy atom. The van der Waals surface area contributed by atoms with Gasteiger partial charge in [-0.15, -0.1) is 5.10 Å². The summed E-state index contributed by atoms with van der Waals surface area (Å²) in [6.07, 6.45) is 5.72. The summed E-state index contributed by atoms with van der Waals surface area (Å²) in [6.45, 7) is 0.119. The van der Waals surface area contributed by atoms with Gasteiger partial charge in [-0.2, -0.15) is 0 Å². The van der Waals surface area contributed by atoms with Crippen LogP contribution in [0.3, 0.4) is 0 Å². The van der Waals surface area contributed by atoms with Crippen molar-refractivity contribution in [1.29, 1.82) is 0 Å². The van der Waals surface area contributed by atoms with Crippen LogP contribution >= 0.6 is 23.2 Å². The third-order valence-corrected chi connectivity index (χ3v) is 4.30. The zero-order valence-corrected chi connectivity index (χ0v) is 13.3. The number of halogens is 2. The van der Waals surface area contributed by atoms with Crippen molar-refractivity contribution in [1.82, 2.24) is 15.0 Å². The molecule has 22 heavy (non-hydrogen) atoms. The van der Waals surface area contributed by atoms with E-state index in [2.05, 4.69) is 10.3 Å². The van der Waals surface area contributed by atoms with Crippen LogP contribution in [0.25, 0.3) is 5.69 Å². The van der Waals surface area contributed by atoms with Gasteiger partial charge >= 0.3 is 5.97 Å². The summed E-state index contributed by atoms with van der Waals surface area (Å²) in [5, 5.41) is 9.07. The van der Waals surface area contributed by atoms with Crippen LogP contribution in [-0.2, 0) is 16.1 Å². The molecule has 1 aromatic carbocycles. The van der Waals surface area contributed by atoms with Crippen molar-refractivity contribution in [2.24, 2.45) is 5.92 Å². The third-order valence-electron chi connectivity index (χ3n) is 3.75. The van der Waals surface area contributed by atoms with Gasteiger partial charge in [0.05, 0.1) is 22.8 Å². The lowest BCUT2D eigenvalue weighted by atomic mass is 10.1. The van der Waals surface area contributed by atoms with Crippen molar-refractivity contribution in [2.45, 2.75) is 32.3 Å². The first-order chi connectivity index (χ1) is 10.6. The van der Waals surface area contributed by atoms with Gasteiger partial charge < -0.3 is 4.74 Å². The average molecular weight is 340 g/mol. The fraction of sp³-hybridized carbons (Fsp3) is 0.400. The van der Waals surface area contributed by atoms with Gasteiger partial charge in [0.1, 0.15) is 12.3 Å². The smallest absolute Gasteiger partial charge is 0.309 e. The maximum atomic E-state index is 11.9. The van der Waals surface area contributed by atoms with Crippen LogP contribution in [-0.4, -0.2) is 21.0 Å². The Balaban J connectivity index is 1.66. The molecule has 0 amide bonds. The molecule has 7 heteroatoms. The van der Waals surface area contributed by atoms with Gasteiger partial charge in [0.25, 0.3) is 0 Å². The zero-order chi connectivity index (χ0) is 15.5. The Bertz CT molecular complexity index is 681. The molecule has 0 aliphatic heterocycles. The molecule has 2 aromatic rings. The highest BCUT2D eigenvalue weighted by molar-refractivity contribution is 6.34. The van der Waals surface area contributed by atoms with Gasteiger partial charge in [-0.3, -0.25) is 4.79 Å². The van der Waals surface area contributed by atoms with Gasteiger partial charge in [-0.05, 0) is 31.0 Å². The molecule has 1 aliphatic rings. The number of carbonyl (C=O) groups is 1. The number of hydrogen-bond donors (Lipinski definition) is 0. The molecule has 0 atom stereocenters. The monoisotopic (exact) mass is 339 g/mol. The first-order valence-electron chi connectivity index (χ1n) is 7.17. The summed E-state index contributed by atoms with van der Waals surface area (Å²) in [6, 6.07) is 5.10. The molecular formula is C15H15Cl2N3O2. The Morgan fingerprint density at radius 1 is 1.32 bits per heavy atom. The zero-order valence-electron chi connectivity index (χ0n) is 11.8. The minimum Gasteiger partial charge on any atom is -0.459 e. The van der Waals surface area contributed by atoms with Crippen molar-refractivity contribution < 1.29 is 9.53 Å². The van der Waals surface area contributed by atoms with Gasteiger partial charge in [0.2, 0.25) is 0 Å². The van der Waals surface area contributed by atoms with Crippen LogP contribution in [0.5, 0.6) is 0 Å². The molecule has 3 rings (SSSR count). The van der Waals surface area contributed by atoms with Crippen LogP contribution in [0.4, 0.5) is 0 Å². The predicted octanol–water partition coefficient (Wildman–Crippen LogP) is 3.81. The van der Waals surface area contributed by atoms with E-state index in [0.717, 1.165) is 25.7 Å². The van der Waals surface area contributed by atoms with Crippen molar-refractivity contribution in [3.8, 4) is 5.69 Å². The van der Waals surface area contributed by atoms with Gasteiger partial charge in [-0.25, -0.2) is 4.68 Å². The minimum absolute atomic E-state index is 0.0393. The van der Waals surface area contributed by atoms with Crippen LogP contribution in [0.1, 0.15) is 31.4 Å². The van der Waals surface area contributed by atoms with Crippen molar-refractivity contribution >= 4 is 29.2 Å². The van der Waals surface area contributed by atoms with E-state index in [1.54, 1.807) is 24.4 Å². The van der Waals surface area contributed by atoms with Crippen molar-refractivity contribution in [3.63, 3.8) is 0 Å².